The highest BCUT2D eigenvalue weighted by Gasteiger charge is 2.42. The van der Waals surface area contributed by atoms with Gasteiger partial charge in [-0.1, -0.05) is 97.9 Å². The molecule has 0 N–H and O–H groups in total. The molecule has 0 aliphatic carbocycles. The summed E-state index contributed by atoms with van der Waals surface area (Å²) in [5.41, 5.74) is 2.81. The number of Topliss-reactive ketones (excluding diaryl/α,β-unsaturated/α-hetero) is 1. The maximum absolute atomic E-state index is 13.7. The average Bonchev–Trinajstić information content (AvgIpc) is 2.79. The van der Waals surface area contributed by atoms with Crippen LogP contribution in [-0.4, -0.2) is 11.8 Å². The number of carbonyl (C=O) groups excluding carboxylic acids is 2. The molecular weight excluding hydrogens is 360 g/mol. The van der Waals surface area contributed by atoms with Crippen LogP contribution in [0.2, 0.25) is 0 Å². The highest BCUT2D eigenvalue weighted by Crippen LogP contribution is 2.44. The summed E-state index contributed by atoms with van der Waals surface area (Å²) >= 11 is 0. The Morgan fingerprint density at radius 3 is 1.97 bits per heavy atom. The van der Waals surface area contributed by atoms with Gasteiger partial charge in [0.15, 0.2) is 5.78 Å². The smallest absolute Gasteiger partial charge is 0.315 e. The molecular formula is C26H22O3. The lowest BCUT2D eigenvalue weighted by Crippen LogP contribution is -2.33. The molecule has 1 aliphatic rings. The highest BCUT2D eigenvalue weighted by atomic mass is 16.5. The molecule has 3 heteroatoms. The van der Waals surface area contributed by atoms with Gasteiger partial charge in [-0.05, 0) is 12.0 Å². The van der Waals surface area contributed by atoms with Gasteiger partial charge in [-0.3, -0.25) is 9.59 Å². The fourth-order valence-corrected chi connectivity index (χ4v) is 3.96. The third kappa shape index (κ3) is 3.64. The summed E-state index contributed by atoms with van der Waals surface area (Å²) in [6, 6.07) is 28.4. The minimum absolute atomic E-state index is 0.107. The first-order valence-corrected chi connectivity index (χ1v) is 9.86. The van der Waals surface area contributed by atoms with Crippen molar-refractivity contribution in [2.75, 3.05) is 0 Å². The van der Waals surface area contributed by atoms with Gasteiger partial charge in [-0.2, -0.15) is 0 Å². The quantitative estimate of drug-likeness (QED) is 0.423. The molecule has 4 rings (SSSR count). The lowest BCUT2D eigenvalue weighted by atomic mass is 9.74. The van der Waals surface area contributed by atoms with Gasteiger partial charge in [0.2, 0.25) is 0 Å². The van der Waals surface area contributed by atoms with Crippen molar-refractivity contribution in [2.24, 2.45) is 5.92 Å². The number of esters is 1. The molecule has 0 fully saturated rings. The van der Waals surface area contributed by atoms with E-state index in [0.29, 0.717) is 23.3 Å². The molecule has 0 bridgehead atoms. The van der Waals surface area contributed by atoms with Crippen LogP contribution < -0.4 is 0 Å². The largest absolute Gasteiger partial charge is 0.425 e. The fourth-order valence-electron chi connectivity index (χ4n) is 3.96. The molecule has 1 aliphatic heterocycles. The van der Waals surface area contributed by atoms with E-state index in [9.17, 15) is 9.59 Å². The number of carbonyl (C=O) groups is 2. The monoisotopic (exact) mass is 382 g/mol. The Balaban J connectivity index is 1.98. The number of hydrogen-bond donors (Lipinski definition) is 0. The van der Waals surface area contributed by atoms with Crippen LogP contribution in [0.5, 0.6) is 0 Å². The van der Waals surface area contributed by atoms with Crippen molar-refractivity contribution in [3.8, 4) is 0 Å². The van der Waals surface area contributed by atoms with Crippen LogP contribution in [0, 0.1) is 5.92 Å². The van der Waals surface area contributed by atoms with Gasteiger partial charge in [0.25, 0.3) is 0 Å². The predicted octanol–water partition coefficient (Wildman–Crippen LogP) is 5.65. The summed E-state index contributed by atoms with van der Waals surface area (Å²) in [7, 11) is 0. The molecule has 0 radical (unpaired) electrons. The maximum Gasteiger partial charge on any atom is 0.315 e. The maximum atomic E-state index is 13.7. The third-order valence-electron chi connectivity index (χ3n) is 5.38. The number of cyclic esters (lactones) is 1. The van der Waals surface area contributed by atoms with Gasteiger partial charge < -0.3 is 4.74 Å². The Bertz CT molecular complexity index is 1040. The lowest BCUT2D eigenvalue weighted by molar-refractivity contribution is -0.143. The van der Waals surface area contributed by atoms with E-state index in [4.69, 9.17) is 4.74 Å². The minimum Gasteiger partial charge on any atom is -0.425 e. The van der Waals surface area contributed by atoms with E-state index in [1.165, 1.54) is 0 Å². The molecule has 0 saturated carbocycles. The van der Waals surface area contributed by atoms with Crippen LogP contribution in [0.25, 0.3) is 5.76 Å². The van der Waals surface area contributed by atoms with E-state index < -0.39 is 5.92 Å². The van der Waals surface area contributed by atoms with Crippen molar-refractivity contribution in [1.29, 1.82) is 0 Å². The van der Waals surface area contributed by atoms with Crippen LogP contribution >= 0.6 is 0 Å². The molecule has 144 valence electrons. The Kier molecular flexibility index (Phi) is 5.39. The minimum atomic E-state index is -0.410. The first kappa shape index (κ1) is 18.9. The Hall–Kier alpha value is -3.46. The zero-order valence-electron chi connectivity index (χ0n) is 16.2. The van der Waals surface area contributed by atoms with Crippen molar-refractivity contribution >= 4 is 17.5 Å². The van der Waals surface area contributed by atoms with Crippen molar-refractivity contribution in [3.05, 3.63) is 113 Å². The van der Waals surface area contributed by atoms with Crippen molar-refractivity contribution in [1.82, 2.24) is 0 Å². The third-order valence-corrected chi connectivity index (χ3v) is 5.38. The summed E-state index contributed by atoms with van der Waals surface area (Å²) in [5.74, 6) is -0.796. The van der Waals surface area contributed by atoms with Gasteiger partial charge in [-0.25, -0.2) is 0 Å². The van der Waals surface area contributed by atoms with Crippen LogP contribution in [0.4, 0.5) is 0 Å². The molecule has 3 aromatic carbocycles. The summed E-state index contributed by atoms with van der Waals surface area (Å²) < 4.78 is 5.80. The molecule has 0 amide bonds. The normalized spacial score (nSPS) is 19.0. The van der Waals surface area contributed by atoms with Gasteiger partial charge >= 0.3 is 5.97 Å². The van der Waals surface area contributed by atoms with E-state index in [0.717, 1.165) is 11.1 Å². The number of allylic oxidation sites excluding steroid dienone is 1. The number of hydrogen-bond acceptors (Lipinski definition) is 3. The zero-order chi connectivity index (χ0) is 20.2. The molecule has 3 nitrogen and oxygen atoms in total. The Labute approximate surface area is 170 Å². The molecule has 3 aromatic rings. The predicted molar refractivity (Wildman–Crippen MR) is 113 cm³/mol. The van der Waals surface area contributed by atoms with Crippen LogP contribution in [0.15, 0.2) is 96.6 Å². The first-order chi connectivity index (χ1) is 14.2. The molecule has 2 atom stereocenters. The second-order valence-electron chi connectivity index (χ2n) is 7.13. The number of benzene rings is 3. The van der Waals surface area contributed by atoms with E-state index in [-0.39, 0.29) is 17.7 Å². The van der Waals surface area contributed by atoms with E-state index in [2.05, 4.69) is 0 Å². The van der Waals surface area contributed by atoms with Gasteiger partial charge in [0, 0.05) is 17.0 Å². The number of rotatable bonds is 5. The number of ketones is 1. The molecule has 1 heterocycles. The first-order valence-electron chi connectivity index (χ1n) is 9.86. The van der Waals surface area contributed by atoms with Crippen molar-refractivity contribution < 1.29 is 14.3 Å². The SMILES string of the molecule is CCC1C(=O)OC(c2ccccc2)=C(C(=O)c2ccccc2)C1c1ccccc1. The van der Waals surface area contributed by atoms with Crippen LogP contribution in [0.1, 0.15) is 40.7 Å². The summed E-state index contributed by atoms with van der Waals surface area (Å²) in [5, 5.41) is 0. The van der Waals surface area contributed by atoms with Gasteiger partial charge in [0.1, 0.15) is 5.76 Å². The molecule has 29 heavy (non-hydrogen) atoms. The van der Waals surface area contributed by atoms with E-state index in [1.54, 1.807) is 12.1 Å². The molecule has 0 saturated heterocycles. The highest BCUT2D eigenvalue weighted by molar-refractivity contribution is 6.15. The molecule has 0 aromatic heterocycles. The Morgan fingerprint density at radius 2 is 1.38 bits per heavy atom. The molecule has 0 spiro atoms. The Morgan fingerprint density at radius 1 is 0.828 bits per heavy atom. The van der Waals surface area contributed by atoms with Crippen molar-refractivity contribution in [2.45, 2.75) is 19.3 Å². The zero-order valence-corrected chi connectivity index (χ0v) is 16.2. The van der Waals surface area contributed by atoms with Crippen LogP contribution in [0.3, 0.4) is 0 Å². The lowest BCUT2D eigenvalue weighted by Gasteiger charge is -2.33. The standard InChI is InChI=1S/C26H22O3/c1-2-21-22(18-12-6-3-7-13-18)23(24(27)19-14-8-4-9-15-19)25(29-26(21)28)20-16-10-5-11-17-20/h3-17,21-22H,2H2,1H3. The summed E-state index contributed by atoms with van der Waals surface area (Å²) in [6.07, 6.45) is 0.589. The van der Waals surface area contributed by atoms with Crippen molar-refractivity contribution in [3.63, 3.8) is 0 Å². The van der Waals surface area contributed by atoms with E-state index >= 15 is 0 Å². The van der Waals surface area contributed by atoms with Crippen LogP contribution in [-0.2, 0) is 9.53 Å². The van der Waals surface area contributed by atoms with E-state index in [1.807, 2.05) is 85.8 Å². The number of ether oxygens (including phenoxy) is 1. The second kappa shape index (κ2) is 8.27. The summed E-state index contributed by atoms with van der Waals surface area (Å²) in [4.78, 5) is 26.6. The average molecular weight is 382 g/mol. The van der Waals surface area contributed by atoms with Gasteiger partial charge in [0.05, 0.1) is 11.5 Å². The topological polar surface area (TPSA) is 43.4 Å². The summed E-state index contributed by atoms with van der Waals surface area (Å²) in [6.45, 7) is 1.96. The fraction of sp³-hybridized carbons (Fsp3) is 0.154. The molecule has 2 unspecified atom stereocenters. The second-order valence-corrected chi connectivity index (χ2v) is 7.13. The van der Waals surface area contributed by atoms with Gasteiger partial charge in [-0.15, -0.1) is 0 Å².